The summed E-state index contributed by atoms with van der Waals surface area (Å²) in [5.41, 5.74) is 8.22. The predicted octanol–water partition coefficient (Wildman–Crippen LogP) is 3.78. The van der Waals surface area contributed by atoms with Gasteiger partial charge in [-0.05, 0) is 65.3 Å². The molecule has 1 saturated heterocycles. The number of hydrogen-bond donors (Lipinski definition) is 2. The first-order valence-electron chi connectivity index (χ1n) is 12.7. The van der Waals surface area contributed by atoms with Crippen LogP contribution in [0.1, 0.15) is 62.0 Å². The van der Waals surface area contributed by atoms with Crippen LogP contribution in [0.25, 0.3) is 11.3 Å². The molecule has 3 rings (SSSR count). The number of benzene rings is 1. The van der Waals surface area contributed by atoms with Gasteiger partial charge < -0.3 is 20.7 Å². The van der Waals surface area contributed by atoms with Gasteiger partial charge in [-0.3, -0.25) is 14.5 Å². The minimum absolute atomic E-state index is 0.00128. The van der Waals surface area contributed by atoms with E-state index in [-0.39, 0.29) is 30.1 Å². The largest absolute Gasteiger partial charge is 0.381 e. The molecular formula is C27H39ClN6O3. The van der Waals surface area contributed by atoms with Gasteiger partial charge in [0, 0.05) is 49.0 Å². The van der Waals surface area contributed by atoms with Crippen LogP contribution in [-0.2, 0) is 9.53 Å². The number of aromatic nitrogens is 2. The molecule has 1 fully saturated rings. The van der Waals surface area contributed by atoms with Gasteiger partial charge in [0.15, 0.2) is 0 Å². The monoisotopic (exact) mass is 530 g/mol. The van der Waals surface area contributed by atoms with Gasteiger partial charge in [0.25, 0.3) is 0 Å². The molecule has 0 saturated carbocycles. The van der Waals surface area contributed by atoms with Gasteiger partial charge in [0.1, 0.15) is 6.29 Å². The number of likely N-dealkylation sites (N-methyl/N-ethyl adjacent to an activating group) is 2. The van der Waals surface area contributed by atoms with Crippen LogP contribution in [-0.4, -0.2) is 83.9 Å². The van der Waals surface area contributed by atoms with Gasteiger partial charge in [0.2, 0.25) is 11.9 Å². The second-order valence-corrected chi connectivity index (χ2v) is 10.9. The van der Waals surface area contributed by atoms with E-state index in [1.165, 1.54) is 0 Å². The third-order valence-electron chi connectivity index (χ3n) is 6.88. The van der Waals surface area contributed by atoms with E-state index in [9.17, 15) is 9.59 Å². The fraction of sp³-hybridized carbons (Fsp3) is 0.556. The van der Waals surface area contributed by atoms with E-state index in [2.05, 4.69) is 15.3 Å². The summed E-state index contributed by atoms with van der Waals surface area (Å²) < 4.78 is 5.42. The zero-order valence-corrected chi connectivity index (χ0v) is 23.2. The van der Waals surface area contributed by atoms with Crippen LogP contribution in [0.3, 0.4) is 0 Å². The number of hydrogen-bond acceptors (Lipinski definition) is 8. The Labute approximate surface area is 224 Å². The first-order valence-corrected chi connectivity index (χ1v) is 13.1. The highest BCUT2D eigenvalue weighted by atomic mass is 35.5. The van der Waals surface area contributed by atoms with Gasteiger partial charge in [-0.15, -0.1) is 0 Å². The van der Waals surface area contributed by atoms with Crippen molar-refractivity contribution < 1.29 is 14.3 Å². The SMILES string of the molecule is CN(CC(=O)N(C)C(C)(C)C)C(CCN)c1ccc(-c2nc(NC3CCOCC3)ncc2Cl)cc1C=O. The van der Waals surface area contributed by atoms with Crippen LogP contribution in [0.15, 0.2) is 24.4 Å². The maximum atomic E-state index is 12.9. The van der Waals surface area contributed by atoms with E-state index in [0.717, 1.165) is 24.7 Å². The average molecular weight is 531 g/mol. The molecule has 3 N–H and O–H groups in total. The Hall–Kier alpha value is -2.59. The van der Waals surface area contributed by atoms with Crippen molar-refractivity contribution in [2.75, 3.05) is 45.7 Å². The summed E-state index contributed by atoms with van der Waals surface area (Å²) in [6.45, 7) is 8.02. The highest BCUT2D eigenvalue weighted by molar-refractivity contribution is 6.32. The van der Waals surface area contributed by atoms with Crippen molar-refractivity contribution in [3.8, 4) is 11.3 Å². The molecule has 0 aliphatic carbocycles. The minimum Gasteiger partial charge on any atom is -0.381 e. The Kier molecular flexibility index (Phi) is 10.0. The zero-order valence-electron chi connectivity index (χ0n) is 22.5. The second kappa shape index (κ2) is 12.8. The van der Waals surface area contributed by atoms with Crippen LogP contribution in [0.2, 0.25) is 5.02 Å². The second-order valence-electron chi connectivity index (χ2n) is 10.5. The maximum Gasteiger partial charge on any atom is 0.236 e. The van der Waals surface area contributed by atoms with Gasteiger partial charge in [0.05, 0.1) is 23.5 Å². The van der Waals surface area contributed by atoms with Crippen molar-refractivity contribution in [3.63, 3.8) is 0 Å². The number of nitrogens with two attached hydrogens (primary N) is 1. The molecule has 10 heteroatoms. The van der Waals surface area contributed by atoms with E-state index in [4.69, 9.17) is 22.1 Å². The Balaban J connectivity index is 1.87. The van der Waals surface area contributed by atoms with Crippen molar-refractivity contribution in [1.29, 1.82) is 0 Å². The molecule has 0 radical (unpaired) electrons. The summed E-state index contributed by atoms with van der Waals surface area (Å²) >= 11 is 6.47. The number of anilines is 1. The third kappa shape index (κ3) is 7.47. The van der Waals surface area contributed by atoms with E-state index in [0.29, 0.717) is 54.0 Å². The summed E-state index contributed by atoms with van der Waals surface area (Å²) in [5.74, 6) is 0.490. The Morgan fingerprint density at radius 3 is 2.62 bits per heavy atom. The van der Waals surface area contributed by atoms with Crippen molar-refractivity contribution in [2.24, 2.45) is 5.73 Å². The number of ether oxygens (including phenoxy) is 1. The molecule has 1 aromatic carbocycles. The molecule has 1 aliphatic rings. The molecule has 1 amide bonds. The Bertz CT molecular complexity index is 1080. The number of aldehydes is 1. The standard InChI is InChI=1S/C27H39ClN6O3/c1-27(2,3)34(5)24(36)16-33(4)23(8-11-29)21-7-6-18(14-19(21)17-35)25-22(28)15-30-26(32-25)31-20-9-12-37-13-10-20/h6-7,14-15,17,20,23H,8-13,16,29H2,1-5H3,(H,30,31,32). The van der Waals surface area contributed by atoms with Crippen LogP contribution in [0, 0.1) is 0 Å². The number of carbonyl (C=O) groups excluding carboxylic acids is 2. The quantitative estimate of drug-likeness (QED) is 0.446. The molecule has 202 valence electrons. The highest BCUT2D eigenvalue weighted by Crippen LogP contribution is 2.32. The van der Waals surface area contributed by atoms with Gasteiger partial charge in [-0.25, -0.2) is 9.97 Å². The van der Waals surface area contributed by atoms with Crippen LogP contribution in [0.4, 0.5) is 5.95 Å². The molecule has 37 heavy (non-hydrogen) atoms. The summed E-state index contributed by atoms with van der Waals surface area (Å²) in [4.78, 5) is 37.8. The molecule has 1 unspecified atom stereocenters. The normalized spacial score (nSPS) is 15.5. The fourth-order valence-corrected chi connectivity index (χ4v) is 4.57. The Morgan fingerprint density at radius 2 is 2.00 bits per heavy atom. The summed E-state index contributed by atoms with van der Waals surface area (Å²) in [6, 6.07) is 5.62. The molecule has 2 heterocycles. The molecule has 1 aromatic heterocycles. The van der Waals surface area contributed by atoms with Crippen molar-refractivity contribution in [1.82, 2.24) is 19.8 Å². The lowest BCUT2D eigenvalue weighted by Gasteiger charge is -2.35. The van der Waals surface area contributed by atoms with Crippen molar-refractivity contribution in [3.05, 3.63) is 40.5 Å². The van der Waals surface area contributed by atoms with Crippen molar-refractivity contribution >= 4 is 29.7 Å². The van der Waals surface area contributed by atoms with E-state index in [1.54, 1.807) is 24.2 Å². The Morgan fingerprint density at radius 1 is 1.30 bits per heavy atom. The molecule has 0 spiro atoms. The van der Waals surface area contributed by atoms with Gasteiger partial charge in [-0.1, -0.05) is 23.7 Å². The number of carbonyl (C=O) groups is 2. The highest BCUT2D eigenvalue weighted by Gasteiger charge is 2.27. The molecule has 2 aromatic rings. The maximum absolute atomic E-state index is 12.9. The first-order chi connectivity index (χ1) is 17.5. The summed E-state index contributed by atoms with van der Waals surface area (Å²) in [5, 5.41) is 3.76. The van der Waals surface area contributed by atoms with Crippen LogP contribution in [0.5, 0.6) is 0 Å². The van der Waals surface area contributed by atoms with Gasteiger partial charge >= 0.3 is 0 Å². The lowest BCUT2D eigenvalue weighted by Crippen LogP contribution is -2.47. The molecular weight excluding hydrogens is 492 g/mol. The molecule has 1 aliphatic heterocycles. The molecule has 0 bridgehead atoms. The topological polar surface area (TPSA) is 114 Å². The fourth-order valence-electron chi connectivity index (χ4n) is 4.37. The van der Waals surface area contributed by atoms with Gasteiger partial charge in [-0.2, -0.15) is 0 Å². The summed E-state index contributed by atoms with van der Waals surface area (Å²) in [7, 11) is 3.68. The third-order valence-corrected chi connectivity index (χ3v) is 7.16. The predicted molar refractivity (Wildman–Crippen MR) is 147 cm³/mol. The van der Waals surface area contributed by atoms with E-state index >= 15 is 0 Å². The number of rotatable bonds is 10. The smallest absolute Gasteiger partial charge is 0.236 e. The zero-order chi connectivity index (χ0) is 27.2. The average Bonchev–Trinajstić information content (AvgIpc) is 2.87. The van der Waals surface area contributed by atoms with E-state index < -0.39 is 0 Å². The lowest BCUT2D eigenvalue weighted by molar-refractivity contribution is -0.135. The number of amides is 1. The first kappa shape index (κ1) is 29.0. The lowest BCUT2D eigenvalue weighted by atomic mass is 9.94. The number of nitrogens with one attached hydrogen (secondary N) is 1. The van der Waals surface area contributed by atoms with Crippen LogP contribution >= 0.6 is 11.6 Å². The number of halogens is 1. The minimum atomic E-state index is -0.286. The number of nitrogens with zero attached hydrogens (tertiary/aromatic N) is 4. The van der Waals surface area contributed by atoms with E-state index in [1.807, 2.05) is 44.9 Å². The van der Waals surface area contributed by atoms with Crippen molar-refractivity contribution in [2.45, 2.75) is 57.7 Å². The molecule has 1 atom stereocenters. The summed E-state index contributed by atoms with van der Waals surface area (Å²) in [6.07, 6.45) is 4.76. The van der Waals surface area contributed by atoms with Crippen LogP contribution < -0.4 is 11.1 Å². The molecule has 9 nitrogen and oxygen atoms in total.